The summed E-state index contributed by atoms with van der Waals surface area (Å²) in [6.45, 7) is 0.0742. The fraction of sp³-hybridized carbons (Fsp3) is 0.136. The largest absolute Gasteiger partial charge is 0.506 e. The lowest BCUT2D eigenvalue weighted by atomic mass is 10.2. The third kappa shape index (κ3) is 5.92. The molecule has 1 amide bonds. The van der Waals surface area contributed by atoms with Crippen molar-refractivity contribution in [3.05, 3.63) is 76.8 Å². The van der Waals surface area contributed by atoms with Gasteiger partial charge in [0.05, 0.1) is 28.3 Å². The van der Waals surface area contributed by atoms with Crippen LogP contribution in [0.4, 0.5) is 22.7 Å². The molecular formula is C22H22N4O7S. The van der Waals surface area contributed by atoms with E-state index in [4.69, 9.17) is 4.74 Å². The van der Waals surface area contributed by atoms with Gasteiger partial charge in [0, 0.05) is 19.0 Å². The van der Waals surface area contributed by atoms with Crippen LogP contribution >= 0.6 is 0 Å². The molecule has 0 atom stereocenters. The average molecular weight is 487 g/mol. The Morgan fingerprint density at radius 3 is 2.41 bits per heavy atom. The van der Waals surface area contributed by atoms with Crippen LogP contribution in [0.1, 0.15) is 6.42 Å². The van der Waals surface area contributed by atoms with Crippen molar-refractivity contribution in [1.29, 1.82) is 0 Å². The molecule has 0 fully saturated rings. The first-order valence-corrected chi connectivity index (χ1v) is 11.5. The van der Waals surface area contributed by atoms with Gasteiger partial charge in [-0.15, -0.1) is 0 Å². The molecule has 0 aliphatic heterocycles. The maximum Gasteiger partial charge on any atom is 0.292 e. The fourth-order valence-electron chi connectivity index (χ4n) is 3.02. The number of ether oxygens (including phenoxy) is 1. The summed E-state index contributed by atoms with van der Waals surface area (Å²) in [5.41, 5.74) is 0.267. The number of benzene rings is 3. The van der Waals surface area contributed by atoms with E-state index in [1.165, 1.54) is 37.4 Å². The molecule has 0 unspecified atom stereocenters. The Hall–Kier alpha value is -4.32. The number of carbonyl (C=O) groups is 1. The molecule has 178 valence electrons. The number of anilines is 3. The number of hydrogen-bond acceptors (Lipinski definition) is 8. The van der Waals surface area contributed by atoms with Gasteiger partial charge in [0.25, 0.3) is 15.7 Å². The number of nitrogens with zero attached hydrogens (tertiary/aromatic N) is 1. The number of nitrogens with one attached hydrogen (secondary N) is 3. The first kappa shape index (κ1) is 24.3. The summed E-state index contributed by atoms with van der Waals surface area (Å²) in [5.74, 6) is -0.533. The molecule has 11 nitrogen and oxygen atoms in total. The van der Waals surface area contributed by atoms with Crippen molar-refractivity contribution in [3.63, 3.8) is 0 Å². The third-order valence-corrected chi connectivity index (χ3v) is 6.04. The van der Waals surface area contributed by atoms with E-state index in [0.29, 0.717) is 5.75 Å². The second-order valence-corrected chi connectivity index (χ2v) is 8.67. The number of phenols is 1. The number of carbonyl (C=O) groups excluding carboxylic acids is 1. The Bertz CT molecular complexity index is 1310. The van der Waals surface area contributed by atoms with E-state index in [2.05, 4.69) is 15.4 Å². The van der Waals surface area contributed by atoms with Crippen molar-refractivity contribution in [2.45, 2.75) is 11.3 Å². The van der Waals surface area contributed by atoms with Crippen LogP contribution in [0, 0.1) is 10.1 Å². The minimum Gasteiger partial charge on any atom is -0.506 e. The van der Waals surface area contributed by atoms with Crippen LogP contribution in [0.5, 0.6) is 11.5 Å². The highest BCUT2D eigenvalue weighted by Crippen LogP contribution is 2.30. The first-order chi connectivity index (χ1) is 16.2. The number of phenolic OH excluding ortho intramolecular Hbond substituents is 1. The van der Waals surface area contributed by atoms with Crippen molar-refractivity contribution in [2.75, 3.05) is 29.0 Å². The second kappa shape index (κ2) is 10.5. The van der Waals surface area contributed by atoms with E-state index in [0.717, 1.165) is 12.1 Å². The Kier molecular flexibility index (Phi) is 7.53. The van der Waals surface area contributed by atoms with Crippen LogP contribution in [0.2, 0.25) is 0 Å². The molecule has 3 aromatic carbocycles. The van der Waals surface area contributed by atoms with Crippen LogP contribution in [-0.2, 0) is 14.8 Å². The van der Waals surface area contributed by atoms with Gasteiger partial charge >= 0.3 is 0 Å². The average Bonchev–Trinajstić information content (AvgIpc) is 2.80. The van der Waals surface area contributed by atoms with Crippen LogP contribution in [0.3, 0.4) is 0 Å². The monoisotopic (exact) mass is 486 g/mol. The highest BCUT2D eigenvalue weighted by atomic mass is 32.2. The second-order valence-electron chi connectivity index (χ2n) is 6.98. The number of hydrogen-bond donors (Lipinski definition) is 4. The number of nitro groups is 1. The van der Waals surface area contributed by atoms with Crippen LogP contribution in [0.25, 0.3) is 0 Å². The molecule has 0 aliphatic rings. The number of para-hydroxylation sites is 4. The summed E-state index contributed by atoms with van der Waals surface area (Å²) in [4.78, 5) is 22.7. The lowest BCUT2D eigenvalue weighted by Crippen LogP contribution is -2.18. The summed E-state index contributed by atoms with van der Waals surface area (Å²) in [6, 6.07) is 15.9. The van der Waals surface area contributed by atoms with Crippen LogP contribution in [0.15, 0.2) is 71.6 Å². The van der Waals surface area contributed by atoms with E-state index < -0.39 is 20.9 Å². The Labute approximate surface area is 195 Å². The number of aromatic hydroxyl groups is 1. The van der Waals surface area contributed by atoms with Gasteiger partial charge in [0.1, 0.15) is 17.2 Å². The van der Waals surface area contributed by atoms with Gasteiger partial charge < -0.3 is 20.5 Å². The summed E-state index contributed by atoms with van der Waals surface area (Å²) < 4.78 is 33.2. The SMILES string of the molecule is COc1ccccc1NS(=O)(=O)c1ccc(O)c(NC(=O)CCNc2ccccc2[N+](=O)[O-])c1. The van der Waals surface area contributed by atoms with E-state index >= 15 is 0 Å². The predicted molar refractivity (Wildman–Crippen MR) is 127 cm³/mol. The standard InChI is InChI=1S/C22H22N4O7S/c1-33-21-9-5-3-7-17(21)25-34(31,32)15-10-11-20(27)18(14-15)24-22(28)12-13-23-16-6-2-4-8-19(16)26(29)30/h2-11,14,23,25,27H,12-13H2,1H3,(H,24,28). The molecule has 3 rings (SSSR count). The van der Waals surface area contributed by atoms with Gasteiger partial charge in [-0.1, -0.05) is 24.3 Å². The van der Waals surface area contributed by atoms with Crippen molar-refractivity contribution in [2.24, 2.45) is 0 Å². The minimum absolute atomic E-state index is 0.0742. The van der Waals surface area contributed by atoms with Crippen molar-refractivity contribution in [3.8, 4) is 11.5 Å². The molecule has 0 aromatic heterocycles. The number of methoxy groups -OCH3 is 1. The highest BCUT2D eigenvalue weighted by Gasteiger charge is 2.19. The molecule has 4 N–H and O–H groups in total. The van der Waals surface area contributed by atoms with Gasteiger partial charge in [-0.05, 0) is 36.4 Å². The summed E-state index contributed by atoms with van der Waals surface area (Å²) in [7, 11) is -2.65. The van der Waals surface area contributed by atoms with Crippen molar-refractivity contribution in [1.82, 2.24) is 0 Å². The molecule has 0 saturated carbocycles. The summed E-state index contributed by atoms with van der Waals surface area (Å²) >= 11 is 0. The zero-order valence-corrected chi connectivity index (χ0v) is 18.8. The zero-order chi connectivity index (χ0) is 24.7. The van der Waals surface area contributed by atoms with E-state index in [1.54, 1.807) is 24.3 Å². The molecule has 3 aromatic rings. The van der Waals surface area contributed by atoms with Crippen LogP contribution in [-0.4, -0.2) is 38.0 Å². The van der Waals surface area contributed by atoms with Crippen molar-refractivity contribution >= 4 is 38.7 Å². The van der Waals surface area contributed by atoms with Gasteiger partial charge in [-0.25, -0.2) is 8.42 Å². The van der Waals surface area contributed by atoms with Gasteiger partial charge in [0.2, 0.25) is 5.91 Å². The Morgan fingerprint density at radius 2 is 1.71 bits per heavy atom. The molecule has 0 bridgehead atoms. The zero-order valence-electron chi connectivity index (χ0n) is 18.0. The molecule has 0 radical (unpaired) electrons. The van der Waals surface area contributed by atoms with Gasteiger partial charge in [-0.2, -0.15) is 0 Å². The highest BCUT2D eigenvalue weighted by molar-refractivity contribution is 7.92. The van der Waals surface area contributed by atoms with Crippen molar-refractivity contribution < 1.29 is 28.0 Å². The molecule has 0 saturated heterocycles. The number of amides is 1. The van der Waals surface area contributed by atoms with Crippen LogP contribution < -0.4 is 20.1 Å². The maximum absolute atomic E-state index is 12.8. The summed E-state index contributed by atoms with van der Waals surface area (Å²) in [5, 5.41) is 26.4. The molecule has 0 aliphatic carbocycles. The van der Waals surface area contributed by atoms with E-state index in [-0.39, 0.29) is 46.4 Å². The fourth-order valence-corrected chi connectivity index (χ4v) is 4.12. The third-order valence-electron chi connectivity index (χ3n) is 4.67. The number of nitro benzene ring substituents is 1. The topological polar surface area (TPSA) is 160 Å². The quantitative estimate of drug-likeness (QED) is 0.192. The molecule has 34 heavy (non-hydrogen) atoms. The molecule has 12 heteroatoms. The predicted octanol–water partition coefficient (Wildman–Crippen LogP) is 3.55. The Morgan fingerprint density at radius 1 is 1.03 bits per heavy atom. The minimum atomic E-state index is -4.06. The van der Waals surface area contributed by atoms with E-state index in [1.807, 2.05) is 0 Å². The lowest BCUT2D eigenvalue weighted by Gasteiger charge is -2.13. The number of rotatable bonds is 10. The van der Waals surface area contributed by atoms with Gasteiger partial charge in [0.15, 0.2) is 0 Å². The molecule has 0 spiro atoms. The van der Waals surface area contributed by atoms with Gasteiger partial charge in [-0.3, -0.25) is 19.6 Å². The lowest BCUT2D eigenvalue weighted by molar-refractivity contribution is -0.384. The molecule has 0 heterocycles. The first-order valence-electron chi connectivity index (χ1n) is 9.97. The smallest absolute Gasteiger partial charge is 0.292 e. The maximum atomic E-state index is 12.8. The Balaban J connectivity index is 1.68. The molecular weight excluding hydrogens is 464 g/mol. The summed E-state index contributed by atoms with van der Waals surface area (Å²) in [6.07, 6.45) is -0.0953. The normalized spacial score (nSPS) is 10.9. The number of sulfonamides is 1. The van der Waals surface area contributed by atoms with E-state index in [9.17, 15) is 28.4 Å².